The molecule has 7 heteroatoms. The Balaban J connectivity index is 2.13. The molecule has 1 N–H and O–H groups in total. The smallest absolute Gasteiger partial charge is 0.262 e. The van der Waals surface area contributed by atoms with Gasteiger partial charge in [0.05, 0.1) is 4.90 Å². The molecule has 27 heavy (non-hydrogen) atoms. The van der Waals surface area contributed by atoms with Crippen LogP contribution < -0.4 is 10.1 Å². The van der Waals surface area contributed by atoms with Crippen molar-refractivity contribution in [3.8, 4) is 5.75 Å². The van der Waals surface area contributed by atoms with Gasteiger partial charge in [0.2, 0.25) is 10.0 Å². The number of hydrogen-bond acceptors (Lipinski definition) is 4. The van der Waals surface area contributed by atoms with E-state index in [2.05, 4.69) is 5.32 Å². The van der Waals surface area contributed by atoms with Crippen LogP contribution in [0.25, 0.3) is 0 Å². The molecule has 2 aromatic carbocycles. The van der Waals surface area contributed by atoms with Gasteiger partial charge in [-0.3, -0.25) is 4.79 Å². The van der Waals surface area contributed by atoms with Gasteiger partial charge in [0.15, 0.2) is 6.61 Å². The average Bonchev–Trinajstić information content (AvgIpc) is 2.63. The van der Waals surface area contributed by atoms with Gasteiger partial charge in [0, 0.05) is 18.8 Å². The van der Waals surface area contributed by atoms with E-state index in [4.69, 9.17) is 4.74 Å². The predicted molar refractivity (Wildman–Crippen MR) is 107 cm³/mol. The number of carbonyl (C=O) groups excluding carboxylic acids is 1. The molecule has 0 atom stereocenters. The summed E-state index contributed by atoms with van der Waals surface area (Å²) >= 11 is 0. The maximum absolute atomic E-state index is 12.8. The molecule has 1 amide bonds. The Hall–Kier alpha value is -2.38. The third kappa shape index (κ3) is 5.08. The fraction of sp³-hybridized carbons (Fsp3) is 0.350. The topological polar surface area (TPSA) is 75.7 Å². The number of nitrogens with zero attached hydrogens (tertiary/aromatic N) is 1. The molecule has 0 aromatic heterocycles. The summed E-state index contributed by atoms with van der Waals surface area (Å²) in [5.74, 6) is 0.287. The van der Waals surface area contributed by atoms with Crippen LogP contribution >= 0.6 is 0 Å². The summed E-state index contributed by atoms with van der Waals surface area (Å²) in [5, 5.41) is 2.70. The first kappa shape index (κ1) is 20.9. The van der Waals surface area contributed by atoms with Crippen LogP contribution in [0.2, 0.25) is 0 Å². The van der Waals surface area contributed by atoms with Crippen LogP contribution in [0.3, 0.4) is 0 Å². The SMILES string of the molecule is CCN(CC)S(=O)(=O)c1cc(NC(=O)COc2ccccc2C)ccc1C. The Bertz CT molecular complexity index is 906. The summed E-state index contributed by atoms with van der Waals surface area (Å²) in [6.07, 6.45) is 0. The molecule has 0 saturated heterocycles. The quantitative estimate of drug-likeness (QED) is 0.750. The van der Waals surface area contributed by atoms with Crippen molar-refractivity contribution in [3.63, 3.8) is 0 Å². The molecular weight excluding hydrogens is 364 g/mol. The number of ether oxygens (including phenoxy) is 1. The number of hydrogen-bond donors (Lipinski definition) is 1. The molecule has 0 bridgehead atoms. The van der Waals surface area contributed by atoms with Gasteiger partial charge in [-0.25, -0.2) is 8.42 Å². The van der Waals surface area contributed by atoms with Gasteiger partial charge in [-0.1, -0.05) is 38.1 Å². The first-order valence-electron chi connectivity index (χ1n) is 8.88. The van der Waals surface area contributed by atoms with Gasteiger partial charge in [0.25, 0.3) is 5.91 Å². The zero-order valence-corrected chi connectivity index (χ0v) is 17.0. The number of benzene rings is 2. The average molecular weight is 391 g/mol. The highest BCUT2D eigenvalue weighted by atomic mass is 32.2. The summed E-state index contributed by atoms with van der Waals surface area (Å²) in [7, 11) is -3.60. The van der Waals surface area contributed by atoms with E-state index >= 15 is 0 Å². The van der Waals surface area contributed by atoms with Gasteiger partial charge in [-0.05, 0) is 43.2 Å². The Morgan fingerprint density at radius 1 is 1.04 bits per heavy atom. The molecule has 0 aliphatic carbocycles. The minimum atomic E-state index is -3.60. The monoisotopic (exact) mass is 390 g/mol. The molecule has 0 saturated carbocycles. The number of rotatable bonds is 8. The van der Waals surface area contributed by atoms with Crippen LogP contribution in [0.1, 0.15) is 25.0 Å². The van der Waals surface area contributed by atoms with Crippen molar-refractivity contribution >= 4 is 21.6 Å². The van der Waals surface area contributed by atoms with E-state index in [0.717, 1.165) is 5.56 Å². The molecule has 0 spiro atoms. The number of anilines is 1. The molecule has 2 rings (SSSR count). The highest BCUT2D eigenvalue weighted by Gasteiger charge is 2.24. The van der Waals surface area contributed by atoms with E-state index in [-0.39, 0.29) is 17.4 Å². The second kappa shape index (κ2) is 9.01. The van der Waals surface area contributed by atoms with Crippen molar-refractivity contribution in [2.75, 3.05) is 25.0 Å². The Morgan fingerprint density at radius 3 is 2.33 bits per heavy atom. The fourth-order valence-electron chi connectivity index (χ4n) is 2.72. The highest BCUT2D eigenvalue weighted by Crippen LogP contribution is 2.24. The minimum absolute atomic E-state index is 0.156. The van der Waals surface area contributed by atoms with E-state index in [9.17, 15) is 13.2 Å². The molecule has 0 radical (unpaired) electrons. The van der Waals surface area contributed by atoms with Crippen LogP contribution in [0.4, 0.5) is 5.69 Å². The first-order chi connectivity index (χ1) is 12.8. The van der Waals surface area contributed by atoms with Gasteiger partial charge < -0.3 is 10.1 Å². The molecule has 0 aliphatic rings. The van der Waals surface area contributed by atoms with E-state index in [1.165, 1.54) is 10.4 Å². The lowest BCUT2D eigenvalue weighted by atomic mass is 10.2. The summed E-state index contributed by atoms with van der Waals surface area (Å²) < 4.78 is 32.5. The van der Waals surface area contributed by atoms with Crippen molar-refractivity contribution in [2.24, 2.45) is 0 Å². The van der Waals surface area contributed by atoms with Crippen molar-refractivity contribution in [1.29, 1.82) is 0 Å². The summed E-state index contributed by atoms with van der Waals surface area (Å²) in [5.41, 5.74) is 1.99. The summed E-state index contributed by atoms with van der Waals surface area (Å²) in [6.45, 7) is 7.85. The number of amides is 1. The maximum Gasteiger partial charge on any atom is 0.262 e. The van der Waals surface area contributed by atoms with E-state index in [1.807, 2.05) is 25.1 Å². The first-order valence-corrected chi connectivity index (χ1v) is 10.3. The maximum atomic E-state index is 12.8. The number of sulfonamides is 1. The zero-order chi connectivity index (χ0) is 20.0. The van der Waals surface area contributed by atoms with Crippen LogP contribution in [0, 0.1) is 13.8 Å². The molecule has 0 unspecified atom stereocenters. The van der Waals surface area contributed by atoms with Crippen LogP contribution in [0.5, 0.6) is 5.75 Å². The van der Waals surface area contributed by atoms with E-state index in [0.29, 0.717) is 30.1 Å². The highest BCUT2D eigenvalue weighted by molar-refractivity contribution is 7.89. The van der Waals surface area contributed by atoms with Crippen molar-refractivity contribution in [2.45, 2.75) is 32.6 Å². The Labute approximate surface area is 161 Å². The largest absolute Gasteiger partial charge is 0.483 e. The number of para-hydroxylation sites is 1. The van der Waals surface area contributed by atoms with Crippen molar-refractivity contribution in [1.82, 2.24) is 4.31 Å². The molecular formula is C20H26N2O4S. The molecule has 2 aromatic rings. The predicted octanol–water partition coefficient (Wildman–Crippen LogP) is 3.35. The second-order valence-electron chi connectivity index (χ2n) is 6.17. The van der Waals surface area contributed by atoms with E-state index in [1.54, 1.807) is 39.0 Å². The number of carbonyl (C=O) groups is 1. The Morgan fingerprint density at radius 2 is 1.70 bits per heavy atom. The standard InChI is InChI=1S/C20H26N2O4S/c1-5-22(6-2)27(24,25)19-13-17(12-11-16(19)4)21-20(23)14-26-18-10-8-7-9-15(18)3/h7-13H,5-6,14H2,1-4H3,(H,21,23). The normalized spacial score (nSPS) is 11.4. The lowest BCUT2D eigenvalue weighted by Crippen LogP contribution is -2.31. The fourth-order valence-corrected chi connectivity index (χ4v) is 4.43. The van der Waals surface area contributed by atoms with Gasteiger partial charge in [-0.2, -0.15) is 4.31 Å². The number of aryl methyl sites for hydroxylation is 2. The van der Waals surface area contributed by atoms with Crippen molar-refractivity contribution < 1.29 is 17.9 Å². The minimum Gasteiger partial charge on any atom is -0.483 e. The lowest BCUT2D eigenvalue weighted by molar-refractivity contribution is -0.118. The van der Waals surface area contributed by atoms with Crippen LogP contribution in [-0.4, -0.2) is 38.3 Å². The third-order valence-electron chi connectivity index (χ3n) is 4.25. The molecule has 0 fully saturated rings. The molecule has 146 valence electrons. The zero-order valence-electron chi connectivity index (χ0n) is 16.2. The lowest BCUT2D eigenvalue weighted by Gasteiger charge is -2.20. The van der Waals surface area contributed by atoms with E-state index < -0.39 is 10.0 Å². The summed E-state index contributed by atoms with van der Waals surface area (Å²) in [4.78, 5) is 12.4. The number of nitrogens with one attached hydrogen (secondary N) is 1. The molecule has 6 nitrogen and oxygen atoms in total. The summed E-state index contributed by atoms with van der Waals surface area (Å²) in [6, 6.07) is 12.3. The van der Waals surface area contributed by atoms with Gasteiger partial charge in [-0.15, -0.1) is 0 Å². The Kier molecular flexibility index (Phi) is 6.98. The second-order valence-corrected chi connectivity index (χ2v) is 8.08. The molecule has 0 aliphatic heterocycles. The van der Waals surface area contributed by atoms with Gasteiger partial charge in [0.1, 0.15) is 5.75 Å². The van der Waals surface area contributed by atoms with Crippen LogP contribution in [-0.2, 0) is 14.8 Å². The third-order valence-corrected chi connectivity index (χ3v) is 6.44. The van der Waals surface area contributed by atoms with Crippen molar-refractivity contribution in [3.05, 3.63) is 53.6 Å². The van der Waals surface area contributed by atoms with Gasteiger partial charge >= 0.3 is 0 Å². The van der Waals surface area contributed by atoms with Crippen LogP contribution in [0.15, 0.2) is 47.4 Å². The molecule has 0 heterocycles.